The monoisotopic (exact) mass is 2110 g/mol. The Labute approximate surface area is 771 Å². The summed E-state index contributed by atoms with van der Waals surface area (Å²) in [6.45, 7) is -28.0. The van der Waals surface area contributed by atoms with E-state index in [1.807, 2.05) is 0 Å². The number of hydrogen-bond acceptors (Lipinski definition) is 47. The van der Waals surface area contributed by atoms with Gasteiger partial charge >= 0.3 is 40.4 Å². The van der Waals surface area contributed by atoms with Crippen molar-refractivity contribution in [3.63, 3.8) is 0 Å². The molecule has 6 bridgehead atoms. The predicted molar refractivity (Wildman–Crippen MR) is 472 cm³/mol. The van der Waals surface area contributed by atoms with Gasteiger partial charge in [0.2, 0.25) is 17.8 Å². The lowest BCUT2D eigenvalue weighted by molar-refractivity contribution is -0.0639. The number of nitrogen functional groups attached to an aromatic ring is 6. The van der Waals surface area contributed by atoms with Crippen LogP contribution in [0.3, 0.4) is 0 Å². The summed E-state index contributed by atoms with van der Waals surface area (Å²) in [5, 5.41) is 22.8. The van der Waals surface area contributed by atoms with Gasteiger partial charge in [0.1, 0.15) is 77.6 Å². The van der Waals surface area contributed by atoms with Crippen molar-refractivity contribution in [2.45, 2.75) is 146 Å². The molecule has 9 aliphatic heterocycles. The van der Waals surface area contributed by atoms with Crippen LogP contribution in [0.5, 0.6) is 0 Å². The Balaban J connectivity index is 0.000000129. The van der Waals surface area contributed by atoms with Gasteiger partial charge in [-0.2, -0.15) is 24.3 Å². The Bertz CT molecular complexity index is 6800. The number of nitrogens with zero attached hydrogens (tertiary/aromatic N) is 20. The van der Waals surface area contributed by atoms with Crippen molar-refractivity contribution in [1.82, 2.24) is 114 Å². The lowest BCUT2D eigenvalue weighted by atomic mass is 10.1. The smallest absolute Gasteiger partial charge is 0.386 e. The van der Waals surface area contributed by atoms with Gasteiger partial charge in [0.15, 0.2) is 106 Å². The fourth-order valence-electron chi connectivity index (χ4n) is 15.8. The SMILES string of the molecule is Nc1nc2c(ncn2[C@@H]2O[C@@H]3COP(=O)(S)O[C@H]4[C@H](F)[C@H](n5ccc6c(N)ccnc65)O[C@@H]4COP(O)(=S)O[C@@H]2C3)c(=O)[nH]1.Nc1nc2c(nnn2[C@@H]2O[C@@H]3COP(O)(=S)O[C@H]4[C@H](F)[C@H](n5cnc6c(N)ccnc65)O[C@@H]4COP(O)(=S)O[C@@H]2[C@H]3F)c(=O)[nH]1.Nc1nc2c(nnn2[C@@H]2S[C@@H]3COP(O)(=S)O[C@H]4[C@H](F)[C@H](n5nnc6c(N)ccnc65)O[C@@H]4COP(O)(=S)O[C@@H]2C3)c(=O)[nH]1. The van der Waals surface area contributed by atoms with Crippen LogP contribution in [0.2, 0.25) is 0 Å². The van der Waals surface area contributed by atoms with Gasteiger partial charge in [-0.15, -0.1) is 27.1 Å². The average molecular weight is 2110 g/mol. The number of rotatable bonds is 6. The number of pyridine rings is 3. The minimum Gasteiger partial charge on any atom is -0.398 e. The van der Waals surface area contributed by atoms with Crippen molar-refractivity contribution in [3.05, 3.63) is 92.8 Å². The van der Waals surface area contributed by atoms with E-state index >= 15 is 17.6 Å². The molecular formula is C61H69F4N29O26P6S7. The van der Waals surface area contributed by atoms with Crippen LogP contribution < -0.4 is 51.1 Å². The number of nitrogens with one attached hydrogen (secondary N) is 3. The van der Waals surface area contributed by atoms with Crippen LogP contribution in [0, 0.1) is 0 Å². The molecule has 21 heterocycles. The van der Waals surface area contributed by atoms with Gasteiger partial charge in [-0.1, -0.05) is 27.9 Å². The Morgan fingerprint density at radius 1 is 0.414 bits per heavy atom. The van der Waals surface area contributed by atoms with Gasteiger partial charge < -0.3 is 119 Å². The summed E-state index contributed by atoms with van der Waals surface area (Å²) >= 11 is 31.4. The number of ether oxygens (including phenoxy) is 5. The highest BCUT2D eigenvalue weighted by atomic mass is 32.7. The van der Waals surface area contributed by atoms with Gasteiger partial charge in [-0.05, 0) is 89.7 Å². The van der Waals surface area contributed by atoms with Gasteiger partial charge in [0, 0.05) is 47.5 Å². The number of halogens is 4. The van der Waals surface area contributed by atoms with E-state index < -0.39 is 217 Å². The molecule has 0 saturated carbocycles. The minimum atomic E-state index is -4.37. The number of imidazole rings is 2. The summed E-state index contributed by atoms with van der Waals surface area (Å²) in [5.41, 5.74) is 34.9. The minimum absolute atomic E-state index is 0.0169. The zero-order valence-corrected chi connectivity index (χ0v) is 77.6. The second-order valence-electron chi connectivity index (χ2n) is 30.2. The van der Waals surface area contributed by atoms with Crippen molar-refractivity contribution in [2.75, 3.05) is 74.0 Å². The van der Waals surface area contributed by atoms with Crippen LogP contribution >= 0.6 is 64.4 Å². The fraction of sp³-hybridized carbons (Fsp3) is 0.492. The van der Waals surface area contributed by atoms with E-state index in [4.69, 9.17) is 171 Å². The van der Waals surface area contributed by atoms with E-state index in [0.717, 1.165) is 9.36 Å². The van der Waals surface area contributed by atoms with Crippen molar-refractivity contribution in [1.29, 1.82) is 0 Å². The molecule has 0 aliphatic carbocycles. The molecule has 12 aromatic heterocycles. The number of aromatic nitrogens is 23. The molecule has 9 fully saturated rings. The highest BCUT2D eigenvalue weighted by Gasteiger charge is 2.58. The molecule has 20 N–H and O–H groups in total. The number of aromatic amines is 3. The molecule has 0 radical (unpaired) electrons. The van der Waals surface area contributed by atoms with Crippen LogP contribution in [0.1, 0.15) is 49.4 Å². The van der Waals surface area contributed by atoms with E-state index in [9.17, 15) is 43.4 Å². The molecule has 133 heavy (non-hydrogen) atoms. The summed E-state index contributed by atoms with van der Waals surface area (Å²) in [4.78, 5) is 132. The third-order valence-corrected chi connectivity index (χ3v) is 32.6. The van der Waals surface area contributed by atoms with Crippen LogP contribution in [0.4, 0.5) is 52.5 Å². The number of thioether (sulfide) groups is 1. The lowest BCUT2D eigenvalue weighted by Crippen LogP contribution is -2.34. The first-order valence-corrected chi connectivity index (χ1v) is 55.3. The second kappa shape index (κ2) is 36.4. The largest absolute Gasteiger partial charge is 0.398 e. The number of fused-ring (bicyclic) bond motifs is 15. The summed E-state index contributed by atoms with van der Waals surface area (Å²) in [6.07, 6.45) is -20.6. The molecule has 12 aromatic rings. The summed E-state index contributed by atoms with van der Waals surface area (Å²) in [5.74, 6) is -0.609. The molecular weight excluding hydrogens is 2040 g/mol. The number of alkyl halides is 4. The van der Waals surface area contributed by atoms with E-state index in [0.29, 0.717) is 16.7 Å². The third kappa shape index (κ3) is 18.9. The normalized spacial score (nSPS) is 36.9. The topological polar surface area (TPSA) is 740 Å². The fourth-order valence-corrected chi connectivity index (χ4v) is 26.1. The second-order valence-corrected chi connectivity index (χ2v) is 48.5. The lowest BCUT2D eigenvalue weighted by Gasteiger charge is -2.27. The highest BCUT2D eigenvalue weighted by molar-refractivity contribution is 8.44. The van der Waals surface area contributed by atoms with E-state index in [1.54, 1.807) is 18.3 Å². The molecule has 55 nitrogen and oxygen atoms in total. The number of nitrogens with two attached hydrogens (primary N) is 6. The first-order valence-electron chi connectivity index (χ1n) is 38.7. The summed E-state index contributed by atoms with van der Waals surface area (Å²) in [7, 11) is 0. The molecule has 714 valence electrons. The Hall–Kier alpha value is -7.41. The maximum Gasteiger partial charge on any atom is 0.386 e. The maximum absolute atomic E-state index is 16.0. The van der Waals surface area contributed by atoms with Crippen molar-refractivity contribution < 1.29 is 125 Å². The first-order chi connectivity index (χ1) is 63.1. The molecule has 28 atom stereocenters. The average Bonchev–Trinajstić information content (AvgIpc) is 1.62. The Morgan fingerprint density at radius 2 is 0.857 bits per heavy atom. The Kier molecular flexibility index (Phi) is 25.9. The predicted octanol–water partition coefficient (Wildman–Crippen LogP) is 1.78. The van der Waals surface area contributed by atoms with Crippen LogP contribution in [-0.4, -0.2) is 275 Å². The van der Waals surface area contributed by atoms with Crippen molar-refractivity contribution in [3.8, 4) is 0 Å². The molecule has 6 unspecified atom stereocenters. The summed E-state index contributed by atoms with van der Waals surface area (Å²) in [6, 6.07) is 6.29. The van der Waals surface area contributed by atoms with E-state index in [-0.39, 0.29) is 111 Å². The summed E-state index contributed by atoms with van der Waals surface area (Å²) < 4.78 is 181. The quantitative estimate of drug-likeness (QED) is 0.0641. The van der Waals surface area contributed by atoms with Gasteiger partial charge in [-0.3, -0.25) is 61.1 Å². The molecule has 9 saturated heterocycles. The zero-order valence-electron chi connectivity index (χ0n) is 66.4. The standard InChI is InChI=1S/C22H25FN8O9P2S2.C20H22F2N10O9P2S2.C19H22FN11O8P2S3/c23-14-16-13(38-21(14)30-4-2-10-11(24)1-3-26-17(10)30)7-36-41(33,43)39-12-5-9(6-35-42(34,44)40-16)37-20(12)31-8-27-15-18(31)28-22(25)29-19(15)32;21-9-7-3-36-42(34,44)40-13-8(39-18(10(13)22)31-5-26-11-6(23)1-2-25-15(11)31)4-37-43(35,45)41-14(9)19(38-7)32-16-12(29-30-32)17(33)28-20(24)27-16;20-10-13-9(37-17(10)30-14-11(26-28-30)7(21)1-2-23-14)5-36-40(33,42)38-8-3-6(4-35-41(34,43)39-13)44-18(8)31-15-12(27-29-31)16(32)25-19(22)24-15/h1-4,8-9,12-14,16,20-21H,5-7H2,(H2,24,26)(H,33,43)(H,34,44)(H3,25,28,29,32);1-2,5,7-10,13-14,18-19H,3-4H2,(H2,23,25)(H,34,44)(H,35,45)(H3,24,27,28,33);1-2,6,8-10,13,17-18H,3-5H2,(H2,21,23)(H,33,42)(H,34,43)(H3,22,24,25,32)/t9-,12+,13+,14-,16+,20+,21+,41?,42?;7-,8-,9+,10+,13-,14-,18-,19-,42?,43?;6-,8+,9+,10-,13+,17+,18+,40?,41?/m010/s1. The van der Waals surface area contributed by atoms with Crippen LogP contribution in [-0.2, 0) is 142 Å². The van der Waals surface area contributed by atoms with Gasteiger partial charge in [0.25, 0.3) is 16.7 Å². The molecule has 0 aromatic carbocycles. The van der Waals surface area contributed by atoms with Gasteiger partial charge in [0.05, 0.1) is 69.8 Å². The van der Waals surface area contributed by atoms with Gasteiger partial charge in [-0.25, -0.2) is 51.7 Å². The van der Waals surface area contributed by atoms with Crippen molar-refractivity contribution in [2.24, 2.45) is 0 Å². The number of H-pyrrole nitrogens is 3. The zero-order chi connectivity index (χ0) is 93.8. The molecule has 0 amide bonds. The van der Waals surface area contributed by atoms with Crippen LogP contribution in [0.25, 0.3) is 66.9 Å². The third-order valence-electron chi connectivity index (χ3n) is 21.6. The molecule has 21 rings (SSSR count). The number of thiol groups is 1. The van der Waals surface area contributed by atoms with E-state index in [2.05, 4.69) is 98.0 Å². The number of hydrogen-bond donors (Lipinski definition) is 15. The van der Waals surface area contributed by atoms with Crippen molar-refractivity contribution >= 4 is 225 Å². The first kappa shape index (κ1) is 94.6. The maximum atomic E-state index is 16.0. The molecule has 9 aliphatic rings. The molecule has 72 heteroatoms. The number of anilines is 6. The highest BCUT2D eigenvalue weighted by Crippen LogP contribution is 2.62. The van der Waals surface area contributed by atoms with Crippen LogP contribution in [0.15, 0.2) is 76.1 Å². The Morgan fingerprint density at radius 3 is 1.47 bits per heavy atom. The molecule has 0 spiro atoms. The van der Waals surface area contributed by atoms with E-state index in [1.165, 1.54) is 73.5 Å².